The second-order valence-electron chi connectivity index (χ2n) is 7.50. The average molecular weight is 410 g/mol. The number of fused-ring (bicyclic) bond motifs is 1. The van der Waals surface area contributed by atoms with E-state index in [0.29, 0.717) is 5.69 Å². The fourth-order valence-corrected chi connectivity index (χ4v) is 3.24. The lowest BCUT2D eigenvalue weighted by Crippen LogP contribution is -2.13. The third-order valence-corrected chi connectivity index (χ3v) is 5.05. The summed E-state index contributed by atoms with van der Waals surface area (Å²) >= 11 is 0. The van der Waals surface area contributed by atoms with Crippen molar-refractivity contribution < 1.29 is 0 Å². The van der Waals surface area contributed by atoms with E-state index < -0.39 is 5.41 Å². The number of nitrogen functional groups attached to an aromatic ring is 1. The number of benzene rings is 2. The van der Waals surface area contributed by atoms with Gasteiger partial charge in [0, 0.05) is 29.0 Å². The summed E-state index contributed by atoms with van der Waals surface area (Å²) < 4.78 is 0. The van der Waals surface area contributed by atoms with E-state index in [0.717, 1.165) is 39.0 Å². The van der Waals surface area contributed by atoms with Crippen LogP contribution in [0.1, 0.15) is 33.3 Å². The number of nitrogens with one attached hydrogen (secondary N) is 1. The van der Waals surface area contributed by atoms with E-state index >= 15 is 0 Å². The zero-order valence-electron chi connectivity index (χ0n) is 18.3. The van der Waals surface area contributed by atoms with Crippen molar-refractivity contribution in [2.45, 2.75) is 33.1 Å². The number of nitriles is 1. The fraction of sp³-hybridized carbons (Fsp3) is 0.192. The third kappa shape index (κ3) is 4.65. The van der Waals surface area contributed by atoms with Gasteiger partial charge in [-0.05, 0) is 55.3 Å². The van der Waals surface area contributed by atoms with Crippen LogP contribution in [0.3, 0.4) is 0 Å². The van der Waals surface area contributed by atoms with Crippen molar-refractivity contribution in [3.8, 4) is 17.2 Å². The van der Waals surface area contributed by atoms with Crippen LogP contribution in [-0.4, -0.2) is 9.97 Å². The number of aromatic nitrogens is 2. The number of hydrogen-bond donors (Lipinski definition) is 2. The van der Waals surface area contributed by atoms with Crippen molar-refractivity contribution in [2.75, 3.05) is 11.1 Å². The van der Waals surface area contributed by atoms with Crippen molar-refractivity contribution in [2.24, 2.45) is 0 Å². The summed E-state index contributed by atoms with van der Waals surface area (Å²) in [6.07, 6.45) is 5.26. The van der Waals surface area contributed by atoms with Gasteiger partial charge in [0.25, 0.3) is 0 Å². The van der Waals surface area contributed by atoms with Crippen molar-refractivity contribution >= 4 is 28.0 Å². The van der Waals surface area contributed by atoms with E-state index in [4.69, 9.17) is 5.73 Å². The Kier molecular flexibility index (Phi) is 6.52. The first kappa shape index (κ1) is 21.8. The molecule has 31 heavy (non-hydrogen) atoms. The van der Waals surface area contributed by atoms with Gasteiger partial charge >= 0.3 is 0 Å². The van der Waals surface area contributed by atoms with Gasteiger partial charge in [-0.1, -0.05) is 38.1 Å². The maximum atomic E-state index is 9.33. The summed E-state index contributed by atoms with van der Waals surface area (Å²) in [6, 6.07) is 20.2. The van der Waals surface area contributed by atoms with Gasteiger partial charge in [0.15, 0.2) is 0 Å². The van der Waals surface area contributed by atoms with Crippen LogP contribution in [0.15, 0.2) is 73.2 Å². The molecular formula is C26H27N5. The molecule has 0 fully saturated rings. The summed E-state index contributed by atoms with van der Waals surface area (Å²) in [4.78, 5) is 8.66. The van der Waals surface area contributed by atoms with Crippen molar-refractivity contribution in [3.05, 3.63) is 78.8 Å². The minimum Gasteiger partial charge on any atom is -0.396 e. The van der Waals surface area contributed by atoms with Crippen molar-refractivity contribution in [3.63, 3.8) is 0 Å². The summed E-state index contributed by atoms with van der Waals surface area (Å²) in [5, 5.41) is 13.7. The van der Waals surface area contributed by atoms with E-state index in [2.05, 4.69) is 27.4 Å². The molecule has 156 valence electrons. The molecule has 0 amide bonds. The monoisotopic (exact) mass is 409 g/mol. The zero-order valence-corrected chi connectivity index (χ0v) is 18.3. The standard InChI is InChI=1S/C24H21N5.C2H6/c1-24(2,15-25)18-6-8-19(9-7-18)29-23-20-12-16(17-4-3-11-27-13-17)5-10-22(20)28-14-21(23)26;1-2/h3-14H,26H2,1-2H3,(H,28,29);1-2H3. The lowest BCUT2D eigenvalue weighted by atomic mass is 9.86. The molecule has 0 atom stereocenters. The quantitative estimate of drug-likeness (QED) is 0.404. The number of nitrogens with zero attached hydrogens (tertiary/aromatic N) is 3. The zero-order chi connectivity index (χ0) is 22.4. The topological polar surface area (TPSA) is 87.6 Å². The SMILES string of the molecule is CC.CC(C)(C#N)c1ccc(Nc2c(N)cnc3ccc(-c4cccnc4)cc23)cc1. The van der Waals surface area contributed by atoms with Crippen LogP contribution in [0, 0.1) is 11.3 Å². The summed E-state index contributed by atoms with van der Waals surface area (Å²) in [7, 11) is 0. The minimum absolute atomic E-state index is 0.528. The Morgan fingerprint density at radius 1 is 0.968 bits per heavy atom. The third-order valence-electron chi connectivity index (χ3n) is 5.05. The second kappa shape index (κ2) is 9.27. The Morgan fingerprint density at radius 2 is 1.71 bits per heavy atom. The largest absolute Gasteiger partial charge is 0.396 e. The highest BCUT2D eigenvalue weighted by Gasteiger charge is 2.19. The van der Waals surface area contributed by atoms with Crippen LogP contribution in [0.4, 0.5) is 17.1 Å². The van der Waals surface area contributed by atoms with Crippen LogP contribution in [0.5, 0.6) is 0 Å². The lowest BCUT2D eigenvalue weighted by Gasteiger charge is -2.17. The molecule has 0 aliphatic carbocycles. The van der Waals surface area contributed by atoms with E-state index in [-0.39, 0.29) is 0 Å². The predicted octanol–water partition coefficient (Wildman–Crippen LogP) is 6.45. The first-order valence-electron chi connectivity index (χ1n) is 10.4. The van der Waals surface area contributed by atoms with Crippen LogP contribution in [-0.2, 0) is 5.41 Å². The molecule has 0 spiro atoms. The normalized spacial score (nSPS) is 10.7. The Labute approximate surface area is 183 Å². The predicted molar refractivity (Wildman–Crippen MR) is 129 cm³/mol. The summed E-state index contributed by atoms with van der Waals surface area (Å²) in [5.74, 6) is 0. The average Bonchev–Trinajstić information content (AvgIpc) is 2.83. The van der Waals surface area contributed by atoms with Gasteiger partial charge < -0.3 is 11.1 Å². The van der Waals surface area contributed by atoms with Gasteiger partial charge in [0.2, 0.25) is 0 Å². The van der Waals surface area contributed by atoms with Gasteiger partial charge in [-0.3, -0.25) is 9.97 Å². The molecule has 0 radical (unpaired) electrons. The van der Waals surface area contributed by atoms with E-state index in [9.17, 15) is 5.26 Å². The highest BCUT2D eigenvalue weighted by atomic mass is 14.9. The van der Waals surface area contributed by atoms with Crippen LogP contribution in [0.25, 0.3) is 22.0 Å². The van der Waals surface area contributed by atoms with Crippen LogP contribution in [0.2, 0.25) is 0 Å². The molecular weight excluding hydrogens is 382 g/mol. The molecule has 3 N–H and O–H groups in total. The highest BCUT2D eigenvalue weighted by Crippen LogP contribution is 2.34. The Balaban J connectivity index is 0.00000132. The first-order valence-corrected chi connectivity index (χ1v) is 10.4. The molecule has 0 aliphatic rings. The summed E-state index contributed by atoms with van der Waals surface area (Å²) in [5.41, 5.74) is 11.9. The van der Waals surface area contributed by atoms with Crippen molar-refractivity contribution in [1.29, 1.82) is 5.26 Å². The van der Waals surface area contributed by atoms with Gasteiger partial charge in [-0.25, -0.2) is 0 Å². The molecule has 0 saturated heterocycles. The van der Waals surface area contributed by atoms with E-state index in [1.54, 1.807) is 12.4 Å². The van der Waals surface area contributed by atoms with Crippen LogP contribution < -0.4 is 11.1 Å². The molecule has 4 aromatic rings. The Hall–Kier alpha value is -3.91. The molecule has 5 heteroatoms. The number of pyridine rings is 2. The van der Waals surface area contributed by atoms with Gasteiger partial charge in [0.05, 0.1) is 34.6 Å². The van der Waals surface area contributed by atoms with Gasteiger partial charge in [0.1, 0.15) is 0 Å². The number of anilines is 3. The first-order chi connectivity index (χ1) is 15.0. The Morgan fingerprint density at radius 3 is 2.35 bits per heavy atom. The molecule has 0 bridgehead atoms. The molecule has 0 saturated carbocycles. The lowest BCUT2D eigenvalue weighted by molar-refractivity contribution is 0.687. The summed E-state index contributed by atoms with van der Waals surface area (Å²) in [6.45, 7) is 7.81. The second-order valence-corrected chi connectivity index (χ2v) is 7.50. The van der Waals surface area contributed by atoms with Crippen LogP contribution >= 0.6 is 0 Å². The molecule has 2 aromatic carbocycles. The fourth-order valence-electron chi connectivity index (χ4n) is 3.24. The van der Waals surface area contributed by atoms with E-state index in [1.807, 2.05) is 82.4 Å². The molecule has 0 aliphatic heterocycles. The highest BCUT2D eigenvalue weighted by molar-refractivity contribution is 6.00. The Bertz CT molecular complexity index is 1210. The van der Waals surface area contributed by atoms with E-state index in [1.165, 1.54) is 0 Å². The molecule has 0 unspecified atom stereocenters. The maximum absolute atomic E-state index is 9.33. The molecule has 4 rings (SSSR count). The minimum atomic E-state index is -0.528. The number of nitrogens with two attached hydrogens (primary N) is 1. The molecule has 2 heterocycles. The maximum Gasteiger partial charge on any atom is 0.0766 e. The molecule has 5 nitrogen and oxygen atoms in total. The number of hydrogen-bond acceptors (Lipinski definition) is 5. The van der Waals surface area contributed by atoms with Gasteiger partial charge in [-0.2, -0.15) is 5.26 Å². The smallest absolute Gasteiger partial charge is 0.0766 e. The van der Waals surface area contributed by atoms with Gasteiger partial charge in [-0.15, -0.1) is 0 Å². The van der Waals surface area contributed by atoms with Crippen molar-refractivity contribution in [1.82, 2.24) is 9.97 Å². The number of rotatable bonds is 4. The molecule has 2 aromatic heterocycles.